The van der Waals surface area contributed by atoms with Crippen molar-refractivity contribution in [1.29, 1.82) is 0 Å². The molecule has 2 N–H and O–H groups in total. The molecular weight excluding hydrogens is 348 g/mol. The lowest BCUT2D eigenvalue weighted by molar-refractivity contribution is -0.141. The smallest absolute Gasteiger partial charge is 0.308 e. The topological polar surface area (TPSA) is 95.9 Å². The quantitative estimate of drug-likeness (QED) is 0.793. The summed E-state index contributed by atoms with van der Waals surface area (Å²) in [6.07, 6.45) is 0.562. The van der Waals surface area contributed by atoms with Gasteiger partial charge in [-0.05, 0) is 24.1 Å². The lowest BCUT2D eigenvalue weighted by Gasteiger charge is -2.22. The standard InChI is InChI=1S/C17H22N2O5.ClH/c1-11(20)18-15(12-3-5-14(24-2)6-4-12)9-16(21)19-8-7-13(10-19)17(22)23;/h3-6,13,15H,7-10H2,1-2H3,(H,18,20)(H,22,23);1H. The molecule has 8 heteroatoms. The van der Waals surface area contributed by atoms with Gasteiger partial charge >= 0.3 is 5.97 Å². The monoisotopic (exact) mass is 370 g/mol. The molecule has 0 bridgehead atoms. The second-order valence-electron chi connectivity index (χ2n) is 5.89. The van der Waals surface area contributed by atoms with E-state index in [0.29, 0.717) is 18.7 Å². The van der Waals surface area contributed by atoms with E-state index in [4.69, 9.17) is 9.84 Å². The van der Waals surface area contributed by atoms with Gasteiger partial charge in [-0.15, -0.1) is 12.4 Å². The minimum absolute atomic E-state index is 0. The second kappa shape index (κ2) is 9.27. The predicted molar refractivity (Wildman–Crippen MR) is 93.7 cm³/mol. The van der Waals surface area contributed by atoms with E-state index < -0.39 is 17.9 Å². The first-order valence-corrected chi connectivity index (χ1v) is 7.82. The number of rotatable bonds is 6. The third-order valence-electron chi connectivity index (χ3n) is 4.16. The first kappa shape index (κ1) is 20.8. The molecule has 2 rings (SSSR count). The Morgan fingerprint density at radius 2 is 1.96 bits per heavy atom. The van der Waals surface area contributed by atoms with Gasteiger partial charge in [-0.3, -0.25) is 14.4 Å². The average Bonchev–Trinajstić information content (AvgIpc) is 3.04. The number of hydrogen-bond acceptors (Lipinski definition) is 4. The molecule has 138 valence electrons. The minimum atomic E-state index is -0.876. The highest BCUT2D eigenvalue weighted by atomic mass is 35.5. The fraction of sp³-hybridized carbons (Fsp3) is 0.471. The van der Waals surface area contributed by atoms with Gasteiger partial charge in [-0.1, -0.05) is 12.1 Å². The molecule has 0 saturated carbocycles. The van der Waals surface area contributed by atoms with Gasteiger partial charge in [0.25, 0.3) is 0 Å². The molecule has 1 saturated heterocycles. The normalized spacial score (nSPS) is 17.4. The summed E-state index contributed by atoms with van der Waals surface area (Å²) in [5.74, 6) is -1.08. The summed E-state index contributed by atoms with van der Waals surface area (Å²) in [5.41, 5.74) is 0.799. The van der Waals surface area contributed by atoms with Crippen molar-refractivity contribution in [3.63, 3.8) is 0 Å². The lowest BCUT2D eigenvalue weighted by atomic mass is 10.0. The maximum atomic E-state index is 12.5. The van der Waals surface area contributed by atoms with Gasteiger partial charge in [0, 0.05) is 20.0 Å². The maximum Gasteiger partial charge on any atom is 0.308 e. The van der Waals surface area contributed by atoms with Crippen LogP contribution >= 0.6 is 12.4 Å². The third kappa shape index (κ3) is 5.63. The number of amides is 2. The Balaban J connectivity index is 0.00000312. The summed E-state index contributed by atoms with van der Waals surface area (Å²) < 4.78 is 5.11. The number of methoxy groups -OCH3 is 1. The van der Waals surface area contributed by atoms with Crippen LogP contribution in [0, 0.1) is 5.92 Å². The van der Waals surface area contributed by atoms with Crippen molar-refractivity contribution in [2.24, 2.45) is 5.92 Å². The van der Waals surface area contributed by atoms with Gasteiger partial charge in [0.1, 0.15) is 5.75 Å². The number of halogens is 1. The Morgan fingerprint density at radius 3 is 2.44 bits per heavy atom. The van der Waals surface area contributed by atoms with Crippen LogP contribution in [0.5, 0.6) is 5.75 Å². The van der Waals surface area contributed by atoms with Gasteiger partial charge in [0.15, 0.2) is 0 Å². The molecular formula is C17H23ClN2O5. The minimum Gasteiger partial charge on any atom is -0.497 e. The van der Waals surface area contributed by atoms with E-state index in [1.165, 1.54) is 6.92 Å². The van der Waals surface area contributed by atoms with Crippen LogP contribution < -0.4 is 10.1 Å². The number of nitrogens with one attached hydrogen (secondary N) is 1. The van der Waals surface area contributed by atoms with E-state index in [9.17, 15) is 14.4 Å². The highest BCUT2D eigenvalue weighted by Crippen LogP contribution is 2.23. The Labute approximate surface area is 152 Å². The van der Waals surface area contributed by atoms with Gasteiger partial charge in [0.2, 0.25) is 11.8 Å². The number of nitrogens with zero attached hydrogens (tertiary/aromatic N) is 1. The first-order chi connectivity index (χ1) is 11.4. The summed E-state index contributed by atoms with van der Waals surface area (Å²) in [7, 11) is 1.57. The van der Waals surface area contributed by atoms with Crippen LogP contribution in [0.25, 0.3) is 0 Å². The molecule has 0 aromatic heterocycles. The highest BCUT2D eigenvalue weighted by Gasteiger charge is 2.32. The molecule has 25 heavy (non-hydrogen) atoms. The van der Waals surface area contributed by atoms with Crippen molar-refractivity contribution in [3.05, 3.63) is 29.8 Å². The van der Waals surface area contributed by atoms with E-state index in [-0.39, 0.29) is 37.2 Å². The van der Waals surface area contributed by atoms with Crippen molar-refractivity contribution in [2.45, 2.75) is 25.8 Å². The number of hydrogen-bond donors (Lipinski definition) is 2. The molecule has 0 spiro atoms. The van der Waals surface area contributed by atoms with E-state index in [1.807, 2.05) is 0 Å². The lowest BCUT2D eigenvalue weighted by Crippen LogP contribution is -2.35. The third-order valence-corrected chi connectivity index (χ3v) is 4.16. The van der Waals surface area contributed by atoms with Crippen LogP contribution in [0.2, 0.25) is 0 Å². The molecule has 1 aromatic rings. The average molecular weight is 371 g/mol. The SMILES string of the molecule is COc1ccc(C(CC(=O)N2CCC(C(=O)O)C2)NC(C)=O)cc1.Cl. The zero-order chi connectivity index (χ0) is 17.7. The molecule has 1 aliphatic rings. The van der Waals surface area contributed by atoms with E-state index in [0.717, 1.165) is 5.56 Å². The van der Waals surface area contributed by atoms with Crippen molar-refractivity contribution in [3.8, 4) is 5.75 Å². The number of likely N-dealkylation sites (tertiary alicyclic amines) is 1. The first-order valence-electron chi connectivity index (χ1n) is 7.82. The summed E-state index contributed by atoms with van der Waals surface area (Å²) in [6, 6.07) is 6.69. The molecule has 0 aliphatic carbocycles. The number of carbonyl (C=O) groups excluding carboxylic acids is 2. The molecule has 2 amide bonds. The molecule has 1 fully saturated rings. The van der Waals surface area contributed by atoms with Crippen LogP contribution in [0.3, 0.4) is 0 Å². The molecule has 0 radical (unpaired) electrons. The van der Waals surface area contributed by atoms with Gasteiger partial charge in [0.05, 0.1) is 25.5 Å². The van der Waals surface area contributed by atoms with E-state index in [1.54, 1.807) is 36.3 Å². The zero-order valence-electron chi connectivity index (χ0n) is 14.2. The van der Waals surface area contributed by atoms with Crippen LogP contribution in [-0.2, 0) is 14.4 Å². The van der Waals surface area contributed by atoms with Crippen LogP contribution in [0.15, 0.2) is 24.3 Å². The number of carbonyl (C=O) groups is 3. The summed E-state index contributed by atoms with van der Waals surface area (Å²) >= 11 is 0. The fourth-order valence-electron chi connectivity index (χ4n) is 2.83. The van der Waals surface area contributed by atoms with E-state index in [2.05, 4.69) is 5.32 Å². The second-order valence-corrected chi connectivity index (χ2v) is 5.89. The molecule has 1 aromatic carbocycles. The highest BCUT2D eigenvalue weighted by molar-refractivity contribution is 5.85. The Hall–Kier alpha value is -2.28. The molecule has 7 nitrogen and oxygen atoms in total. The molecule has 2 atom stereocenters. The Morgan fingerprint density at radius 1 is 1.32 bits per heavy atom. The molecule has 1 heterocycles. The van der Waals surface area contributed by atoms with Crippen molar-refractivity contribution in [1.82, 2.24) is 10.2 Å². The van der Waals surface area contributed by atoms with Crippen LogP contribution in [0.1, 0.15) is 31.4 Å². The zero-order valence-corrected chi connectivity index (χ0v) is 15.0. The number of ether oxygens (including phenoxy) is 1. The van der Waals surface area contributed by atoms with Crippen LogP contribution in [-0.4, -0.2) is 48.0 Å². The van der Waals surface area contributed by atoms with Crippen LogP contribution in [0.4, 0.5) is 0 Å². The number of benzene rings is 1. The van der Waals surface area contributed by atoms with Gasteiger partial charge in [-0.25, -0.2) is 0 Å². The maximum absolute atomic E-state index is 12.5. The summed E-state index contributed by atoms with van der Waals surface area (Å²) in [6.45, 7) is 2.06. The number of carboxylic acids is 1. The van der Waals surface area contributed by atoms with Gasteiger partial charge in [-0.2, -0.15) is 0 Å². The van der Waals surface area contributed by atoms with Gasteiger partial charge < -0.3 is 20.1 Å². The summed E-state index contributed by atoms with van der Waals surface area (Å²) in [5, 5.41) is 11.8. The Bertz CT molecular complexity index is 620. The molecule has 1 aliphatic heterocycles. The predicted octanol–water partition coefficient (Wildman–Crippen LogP) is 1.62. The van der Waals surface area contributed by atoms with Crippen molar-refractivity contribution in [2.75, 3.05) is 20.2 Å². The van der Waals surface area contributed by atoms with E-state index >= 15 is 0 Å². The number of aliphatic carboxylic acids is 1. The largest absolute Gasteiger partial charge is 0.497 e. The summed E-state index contributed by atoms with van der Waals surface area (Å²) in [4.78, 5) is 36.5. The molecule has 2 unspecified atom stereocenters. The number of carboxylic acid groups (broad SMARTS) is 1. The van der Waals surface area contributed by atoms with Crippen molar-refractivity contribution >= 4 is 30.2 Å². The Kier molecular flexibility index (Phi) is 7.70. The van der Waals surface area contributed by atoms with Crippen molar-refractivity contribution < 1.29 is 24.2 Å². The fourth-order valence-corrected chi connectivity index (χ4v) is 2.83.